The molecule has 2 fully saturated rings. The molecule has 0 atom stereocenters. The molecule has 0 radical (unpaired) electrons. The molecule has 2 rings (SSSR count). The molecule has 0 aromatic heterocycles. The number of carbonyl (C=O) groups is 1. The Hall–Kier alpha value is -0.610. The summed E-state index contributed by atoms with van der Waals surface area (Å²) >= 11 is 0. The maximum Gasteiger partial charge on any atom is 0.317 e. The van der Waals surface area contributed by atoms with Crippen LogP contribution in [0.3, 0.4) is 0 Å². The van der Waals surface area contributed by atoms with Gasteiger partial charge in [0.25, 0.3) is 0 Å². The van der Waals surface area contributed by atoms with E-state index in [1.54, 1.807) is 0 Å². The lowest BCUT2D eigenvalue weighted by Gasteiger charge is -2.40. The molecule has 0 aromatic carbocycles. The maximum atomic E-state index is 10.7. The van der Waals surface area contributed by atoms with Crippen LogP contribution in [0.5, 0.6) is 0 Å². The van der Waals surface area contributed by atoms with Crippen LogP contribution in [0.2, 0.25) is 0 Å². The minimum Gasteiger partial charge on any atom is -0.480 e. The Morgan fingerprint density at radius 1 is 1.17 bits per heavy atom. The van der Waals surface area contributed by atoms with E-state index in [4.69, 9.17) is 5.11 Å². The molecule has 0 aromatic rings. The number of carboxylic acid groups (broad SMARTS) is 1. The van der Waals surface area contributed by atoms with E-state index in [2.05, 4.69) is 30.6 Å². The molecular weight excluding hydrogens is 228 g/mol. The van der Waals surface area contributed by atoms with Gasteiger partial charge in [-0.1, -0.05) is 0 Å². The van der Waals surface area contributed by atoms with E-state index in [-0.39, 0.29) is 12.1 Å². The molecule has 2 saturated heterocycles. The predicted octanol–water partition coefficient (Wildman–Crippen LogP) is 1.66. The van der Waals surface area contributed by atoms with Gasteiger partial charge in [0, 0.05) is 12.1 Å². The molecule has 4 nitrogen and oxygen atoms in total. The fourth-order valence-electron chi connectivity index (χ4n) is 3.29. The maximum absolute atomic E-state index is 10.7. The van der Waals surface area contributed by atoms with Crippen molar-refractivity contribution in [2.45, 2.75) is 45.6 Å². The molecule has 18 heavy (non-hydrogen) atoms. The van der Waals surface area contributed by atoms with Crippen molar-refractivity contribution in [3.05, 3.63) is 0 Å². The van der Waals surface area contributed by atoms with E-state index >= 15 is 0 Å². The van der Waals surface area contributed by atoms with Gasteiger partial charge in [0.05, 0.1) is 6.54 Å². The van der Waals surface area contributed by atoms with Gasteiger partial charge in [-0.15, -0.1) is 0 Å². The smallest absolute Gasteiger partial charge is 0.317 e. The van der Waals surface area contributed by atoms with E-state index < -0.39 is 5.97 Å². The van der Waals surface area contributed by atoms with Crippen LogP contribution in [0.1, 0.15) is 40.0 Å². The number of aliphatic carboxylic acids is 1. The van der Waals surface area contributed by atoms with E-state index in [1.807, 2.05) is 0 Å². The summed E-state index contributed by atoms with van der Waals surface area (Å²) in [6.07, 6.45) is 3.60. The standard InChI is InChI=1S/C14H26N2O2/c1-13(2,3)16-9-6-14(11-16)4-7-15(8-5-14)10-12(17)18/h4-11H2,1-3H3,(H,17,18). The Kier molecular flexibility index (Phi) is 3.70. The average Bonchev–Trinajstić information content (AvgIpc) is 2.66. The number of carboxylic acids is 1. The predicted molar refractivity (Wildman–Crippen MR) is 71.7 cm³/mol. The molecule has 1 N–H and O–H groups in total. The van der Waals surface area contributed by atoms with Crippen LogP contribution >= 0.6 is 0 Å². The van der Waals surface area contributed by atoms with Crippen LogP contribution in [0.4, 0.5) is 0 Å². The van der Waals surface area contributed by atoms with Gasteiger partial charge in [0.2, 0.25) is 0 Å². The summed E-state index contributed by atoms with van der Waals surface area (Å²) in [5, 5.41) is 8.82. The van der Waals surface area contributed by atoms with Gasteiger partial charge >= 0.3 is 5.97 Å². The summed E-state index contributed by atoms with van der Waals surface area (Å²) in [4.78, 5) is 15.4. The normalized spacial score (nSPS) is 25.7. The van der Waals surface area contributed by atoms with Crippen LogP contribution < -0.4 is 0 Å². The first-order valence-corrected chi connectivity index (χ1v) is 7.00. The Morgan fingerprint density at radius 3 is 2.17 bits per heavy atom. The van der Waals surface area contributed by atoms with Gasteiger partial charge < -0.3 is 5.11 Å². The van der Waals surface area contributed by atoms with Crippen LogP contribution in [-0.2, 0) is 4.79 Å². The summed E-state index contributed by atoms with van der Waals surface area (Å²) < 4.78 is 0. The van der Waals surface area contributed by atoms with E-state index in [1.165, 1.54) is 19.5 Å². The minimum absolute atomic E-state index is 0.207. The highest BCUT2D eigenvalue weighted by molar-refractivity contribution is 5.69. The summed E-state index contributed by atoms with van der Waals surface area (Å²) in [7, 11) is 0. The largest absolute Gasteiger partial charge is 0.480 e. The molecule has 0 bridgehead atoms. The van der Waals surface area contributed by atoms with Gasteiger partial charge in [-0.3, -0.25) is 14.6 Å². The number of nitrogens with zero attached hydrogens (tertiary/aromatic N) is 2. The van der Waals surface area contributed by atoms with Gasteiger partial charge in [0.1, 0.15) is 0 Å². The van der Waals surface area contributed by atoms with E-state index in [9.17, 15) is 4.79 Å². The quantitative estimate of drug-likeness (QED) is 0.814. The molecule has 0 unspecified atom stereocenters. The van der Waals surface area contributed by atoms with Crippen molar-refractivity contribution in [1.82, 2.24) is 9.80 Å². The topological polar surface area (TPSA) is 43.8 Å². The number of piperidine rings is 1. The van der Waals surface area contributed by atoms with Gasteiger partial charge in [-0.25, -0.2) is 0 Å². The molecule has 0 amide bonds. The van der Waals surface area contributed by atoms with Gasteiger partial charge in [-0.05, 0) is 65.1 Å². The summed E-state index contributed by atoms with van der Waals surface area (Å²) in [5.41, 5.74) is 0.726. The molecule has 4 heteroatoms. The second-order valence-electron chi connectivity index (χ2n) is 7.01. The van der Waals surface area contributed by atoms with Crippen molar-refractivity contribution < 1.29 is 9.90 Å². The number of hydrogen-bond donors (Lipinski definition) is 1. The Morgan fingerprint density at radius 2 is 1.72 bits per heavy atom. The van der Waals surface area contributed by atoms with Crippen LogP contribution in [0.15, 0.2) is 0 Å². The fraction of sp³-hybridized carbons (Fsp3) is 0.929. The molecule has 2 aliphatic rings. The first kappa shape index (κ1) is 13.8. The third kappa shape index (κ3) is 3.04. The third-order valence-corrected chi connectivity index (χ3v) is 4.66. The first-order valence-electron chi connectivity index (χ1n) is 7.00. The van der Waals surface area contributed by atoms with E-state index in [0.717, 1.165) is 25.9 Å². The number of hydrogen-bond acceptors (Lipinski definition) is 3. The van der Waals surface area contributed by atoms with Crippen molar-refractivity contribution in [2.24, 2.45) is 5.41 Å². The molecule has 104 valence electrons. The second kappa shape index (κ2) is 4.82. The summed E-state index contributed by atoms with van der Waals surface area (Å²) in [5.74, 6) is -0.700. The Labute approximate surface area is 110 Å². The van der Waals surface area contributed by atoms with Gasteiger partial charge in [0.15, 0.2) is 0 Å². The lowest BCUT2D eigenvalue weighted by atomic mass is 9.77. The van der Waals surface area contributed by atoms with Gasteiger partial charge in [-0.2, -0.15) is 0 Å². The monoisotopic (exact) mass is 254 g/mol. The van der Waals surface area contributed by atoms with Crippen LogP contribution in [0, 0.1) is 5.41 Å². The SMILES string of the molecule is CC(C)(C)N1CCC2(CCN(CC(=O)O)CC2)C1. The van der Waals surface area contributed by atoms with Crippen molar-refractivity contribution in [3.8, 4) is 0 Å². The lowest BCUT2D eigenvalue weighted by Crippen LogP contribution is -2.45. The van der Waals surface area contributed by atoms with Crippen LogP contribution in [0.25, 0.3) is 0 Å². The zero-order valence-electron chi connectivity index (χ0n) is 11.9. The lowest BCUT2D eigenvalue weighted by molar-refractivity contribution is -0.138. The highest BCUT2D eigenvalue weighted by Gasteiger charge is 2.43. The first-order chi connectivity index (χ1) is 8.31. The average molecular weight is 254 g/mol. The third-order valence-electron chi connectivity index (χ3n) is 4.66. The van der Waals surface area contributed by atoms with Crippen LogP contribution in [-0.4, -0.2) is 59.1 Å². The summed E-state index contributed by atoms with van der Waals surface area (Å²) in [6.45, 7) is 11.3. The molecule has 2 aliphatic heterocycles. The summed E-state index contributed by atoms with van der Waals surface area (Å²) in [6, 6.07) is 0. The minimum atomic E-state index is -0.700. The zero-order valence-corrected chi connectivity index (χ0v) is 11.9. The molecule has 2 heterocycles. The van der Waals surface area contributed by atoms with Crippen molar-refractivity contribution in [3.63, 3.8) is 0 Å². The Balaban J connectivity index is 1.88. The van der Waals surface area contributed by atoms with Crippen molar-refractivity contribution >= 4 is 5.97 Å². The highest BCUT2D eigenvalue weighted by atomic mass is 16.4. The molecule has 0 aliphatic carbocycles. The van der Waals surface area contributed by atoms with Crippen molar-refractivity contribution in [2.75, 3.05) is 32.7 Å². The molecular formula is C14H26N2O2. The highest BCUT2D eigenvalue weighted by Crippen LogP contribution is 2.42. The number of rotatable bonds is 2. The Bertz CT molecular complexity index is 314. The van der Waals surface area contributed by atoms with E-state index in [0.29, 0.717) is 5.41 Å². The fourth-order valence-corrected chi connectivity index (χ4v) is 3.29. The zero-order chi connectivity index (χ0) is 13.4. The second-order valence-corrected chi connectivity index (χ2v) is 7.01. The molecule has 1 spiro atoms. The number of likely N-dealkylation sites (tertiary alicyclic amines) is 2. The molecule has 0 saturated carbocycles. The van der Waals surface area contributed by atoms with Crippen molar-refractivity contribution in [1.29, 1.82) is 0 Å².